The van der Waals surface area contributed by atoms with Crippen molar-refractivity contribution in [3.8, 4) is 6.19 Å². The minimum atomic E-state index is -4.58. The van der Waals surface area contributed by atoms with E-state index in [1.807, 2.05) is 5.32 Å². The Hall–Kier alpha value is -2.23. The van der Waals surface area contributed by atoms with Gasteiger partial charge in [0.1, 0.15) is 0 Å². The molecule has 0 aliphatic rings. The van der Waals surface area contributed by atoms with Crippen LogP contribution in [0.1, 0.15) is 15.9 Å². The highest BCUT2D eigenvalue weighted by atomic mass is 19.4. The van der Waals surface area contributed by atoms with Gasteiger partial charge in [0.05, 0.1) is 16.8 Å². The Morgan fingerprint density at radius 3 is 2.50 bits per heavy atom. The molecule has 7 heteroatoms. The fourth-order valence-corrected chi connectivity index (χ4v) is 1.07. The Bertz CT molecular complexity index is 463. The fourth-order valence-electron chi connectivity index (χ4n) is 1.07. The van der Waals surface area contributed by atoms with Crippen molar-refractivity contribution < 1.29 is 23.1 Å². The van der Waals surface area contributed by atoms with Crippen LogP contribution in [0.4, 0.5) is 18.9 Å². The van der Waals surface area contributed by atoms with Gasteiger partial charge in [0.2, 0.25) is 0 Å². The third-order valence-corrected chi connectivity index (χ3v) is 1.77. The number of aromatic carboxylic acids is 1. The molecular formula is C9H5F3N2O2. The van der Waals surface area contributed by atoms with Crippen LogP contribution in [0.3, 0.4) is 0 Å². The lowest BCUT2D eigenvalue weighted by molar-refractivity contribution is -0.137. The number of carboxylic acids is 1. The maximum Gasteiger partial charge on any atom is 0.416 e. The fraction of sp³-hybridized carbons (Fsp3) is 0.111. The molecule has 0 amide bonds. The number of hydrogen-bond donors (Lipinski definition) is 2. The molecule has 0 bridgehead atoms. The second-order valence-electron chi connectivity index (χ2n) is 2.80. The van der Waals surface area contributed by atoms with Gasteiger partial charge >= 0.3 is 12.1 Å². The summed E-state index contributed by atoms with van der Waals surface area (Å²) in [5.74, 6) is -1.41. The van der Waals surface area contributed by atoms with E-state index in [0.717, 1.165) is 6.07 Å². The summed E-state index contributed by atoms with van der Waals surface area (Å²) in [7, 11) is 0. The van der Waals surface area contributed by atoms with Crippen molar-refractivity contribution in [3.63, 3.8) is 0 Å². The lowest BCUT2D eigenvalue weighted by atomic mass is 10.1. The summed E-state index contributed by atoms with van der Waals surface area (Å²) in [4.78, 5) is 10.6. The predicted octanol–water partition coefficient (Wildman–Crippen LogP) is 2.30. The van der Waals surface area contributed by atoms with Crippen LogP contribution in [0.25, 0.3) is 0 Å². The molecule has 0 aromatic heterocycles. The molecule has 0 spiro atoms. The third kappa shape index (κ3) is 2.42. The van der Waals surface area contributed by atoms with Crippen molar-refractivity contribution in [2.24, 2.45) is 0 Å². The second-order valence-corrected chi connectivity index (χ2v) is 2.80. The number of nitrogens with zero attached hydrogens (tertiary/aromatic N) is 1. The van der Waals surface area contributed by atoms with Crippen LogP contribution in [0.2, 0.25) is 0 Å². The molecule has 1 rings (SSSR count). The summed E-state index contributed by atoms with van der Waals surface area (Å²) < 4.78 is 36.8. The van der Waals surface area contributed by atoms with Crippen molar-refractivity contribution >= 4 is 11.7 Å². The Labute approximate surface area is 87.9 Å². The number of anilines is 1. The van der Waals surface area contributed by atoms with E-state index in [9.17, 15) is 18.0 Å². The van der Waals surface area contributed by atoms with Gasteiger partial charge in [-0.3, -0.25) is 5.32 Å². The van der Waals surface area contributed by atoms with E-state index < -0.39 is 23.3 Å². The van der Waals surface area contributed by atoms with Gasteiger partial charge in [-0.15, -0.1) is 0 Å². The summed E-state index contributed by atoms with van der Waals surface area (Å²) in [6, 6.07) is 2.02. The first-order chi connectivity index (χ1) is 7.36. The van der Waals surface area contributed by atoms with Crippen LogP contribution in [0, 0.1) is 11.5 Å². The number of nitrogens with one attached hydrogen (secondary N) is 1. The number of nitriles is 1. The molecule has 0 heterocycles. The molecule has 2 N–H and O–H groups in total. The molecule has 0 aliphatic carbocycles. The van der Waals surface area contributed by atoms with Crippen LogP contribution >= 0.6 is 0 Å². The average molecular weight is 230 g/mol. The molecule has 0 atom stereocenters. The number of alkyl halides is 3. The lowest BCUT2D eigenvalue weighted by Crippen LogP contribution is -2.08. The highest BCUT2D eigenvalue weighted by Gasteiger charge is 2.31. The molecule has 16 heavy (non-hydrogen) atoms. The molecule has 84 valence electrons. The Morgan fingerprint density at radius 2 is 2.06 bits per heavy atom. The number of carbonyl (C=O) groups is 1. The van der Waals surface area contributed by atoms with E-state index in [1.54, 1.807) is 0 Å². The standard InChI is InChI=1S/C9H5F3N2O2/c10-9(11,12)5-1-2-6(8(15)16)7(3-5)14-4-13/h1-3,14H,(H,15,16). The number of hydrogen-bond acceptors (Lipinski definition) is 3. The molecule has 0 saturated heterocycles. The third-order valence-electron chi connectivity index (χ3n) is 1.77. The number of rotatable bonds is 2. The number of carboxylic acid groups (broad SMARTS) is 1. The maximum absolute atomic E-state index is 12.3. The summed E-state index contributed by atoms with van der Waals surface area (Å²) in [5.41, 5.74) is -1.80. The topological polar surface area (TPSA) is 73.1 Å². The van der Waals surface area contributed by atoms with E-state index in [-0.39, 0.29) is 5.69 Å². The molecule has 4 nitrogen and oxygen atoms in total. The van der Waals surface area contributed by atoms with Crippen molar-refractivity contribution in [1.29, 1.82) is 5.26 Å². The molecular weight excluding hydrogens is 225 g/mol. The molecule has 0 saturated carbocycles. The summed E-state index contributed by atoms with van der Waals surface area (Å²) in [5, 5.41) is 18.8. The molecule has 0 fully saturated rings. The molecule has 0 aliphatic heterocycles. The zero-order valence-electron chi connectivity index (χ0n) is 7.67. The first-order valence-electron chi connectivity index (χ1n) is 3.96. The van der Waals surface area contributed by atoms with Crippen molar-refractivity contribution in [2.45, 2.75) is 6.18 Å². The maximum atomic E-state index is 12.3. The van der Waals surface area contributed by atoms with Gasteiger partial charge in [0, 0.05) is 0 Å². The van der Waals surface area contributed by atoms with Gasteiger partial charge in [0.15, 0.2) is 6.19 Å². The Balaban J connectivity index is 3.29. The Morgan fingerprint density at radius 1 is 1.44 bits per heavy atom. The summed E-state index contributed by atoms with van der Waals surface area (Å²) in [6.45, 7) is 0. The zero-order chi connectivity index (χ0) is 12.3. The van der Waals surface area contributed by atoms with Crippen LogP contribution in [0.15, 0.2) is 18.2 Å². The monoisotopic (exact) mass is 230 g/mol. The highest BCUT2D eigenvalue weighted by molar-refractivity contribution is 5.94. The average Bonchev–Trinajstić information content (AvgIpc) is 2.16. The highest BCUT2D eigenvalue weighted by Crippen LogP contribution is 2.32. The molecule has 1 aromatic carbocycles. The van der Waals surface area contributed by atoms with Gasteiger partial charge in [-0.2, -0.15) is 18.4 Å². The normalized spacial score (nSPS) is 10.6. The van der Waals surface area contributed by atoms with Crippen LogP contribution < -0.4 is 5.32 Å². The van der Waals surface area contributed by atoms with Crippen molar-refractivity contribution in [2.75, 3.05) is 5.32 Å². The molecule has 0 unspecified atom stereocenters. The summed E-state index contributed by atoms with van der Waals surface area (Å²) >= 11 is 0. The quantitative estimate of drug-likeness (QED) is 0.603. The van der Waals surface area contributed by atoms with Crippen molar-refractivity contribution in [3.05, 3.63) is 29.3 Å². The van der Waals surface area contributed by atoms with Gasteiger partial charge in [-0.1, -0.05) is 0 Å². The van der Waals surface area contributed by atoms with E-state index in [0.29, 0.717) is 12.1 Å². The minimum Gasteiger partial charge on any atom is -0.478 e. The van der Waals surface area contributed by atoms with E-state index in [2.05, 4.69) is 0 Å². The lowest BCUT2D eigenvalue weighted by Gasteiger charge is -2.09. The first kappa shape index (κ1) is 11.8. The number of benzene rings is 1. The zero-order valence-corrected chi connectivity index (χ0v) is 7.67. The largest absolute Gasteiger partial charge is 0.478 e. The van der Waals surface area contributed by atoms with E-state index in [4.69, 9.17) is 10.4 Å². The van der Waals surface area contributed by atoms with Crippen LogP contribution in [0.5, 0.6) is 0 Å². The van der Waals surface area contributed by atoms with Gasteiger partial charge < -0.3 is 5.11 Å². The first-order valence-corrected chi connectivity index (χ1v) is 3.96. The van der Waals surface area contributed by atoms with Crippen LogP contribution in [-0.2, 0) is 6.18 Å². The number of halogens is 3. The van der Waals surface area contributed by atoms with Gasteiger partial charge in [-0.05, 0) is 18.2 Å². The molecule has 0 radical (unpaired) electrons. The smallest absolute Gasteiger partial charge is 0.416 e. The molecule has 1 aromatic rings. The van der Waals surface area contributed by atoms with Crippen molar-refractivity contribution in [1.82, 2.24) is 0 Å². The van der Waals surface area contributed by atoms with Crippen LogP contribution in [-0.4, -0.2) is 11.1 Å². The minimum absolute atomic E-state index is 0.384. The van der Waals surface area contributed by atoms with E-state index >= 15 is 0 Å². The predicted molar refractivity (Wildman–Crippen MR) is 47.6 cm³/mol. The summed E-state index contributed by atoms with van der Waals surface area (Å²) in [6.07, 6.45) is -3.20. The van der Waals surface area contributed by atoms with Gasteiger partial charge in [-0.25, -0.2) is 4.79 Å². The Kier molecular flexibility index (Phi) is 3.04. The second kappa shape index (κ2) is 4.10. The SMILES string of the molecule is N#CNc1cc(C(F)(F)F)ccc1C(=O)O. The van der Waals surface area contributed by atoms with Gasteiger partial charge in [0.25, 0.3) is 0 Å². The van der Waals surface area contributed by atoms with E-state index in [1.165, 1.54) is 6.19 Å².